The Kier molecular flexibility index (Phi) is 6.12. The summed E-state index contributed by atoms with van der Waals surface area (Å²) in [5.41, 5.74) is -0.162. The van der Waals surface area contributed by atoms with Crippen LogP contribution in [-0.4, -0.2) is 74.0 Å². The first-order valence-corrected chi connectivity index (χ1v) is 9.40. The predicted molar refractivity (Wildman–Crippen MR) is 98.9 cm³/mol. The van der Waals surface area contributed by atoms with Crippen molar-refractivity contribution in [1.29, 1.82) is 0 Å². The fourth-order valence-corrected chi connectivity index (χ4v) is 3.23. The van der Waals surface area contributed by atoms with Crippen LogP contribution >= 0.6 is 0 Å². The van der Waals surface area contributed by atoms with Crippen molar-refractivity contribution in [3.8, 4) is 0 Å². The Hall–Kier alpha value is -2.29. The molecule has 154 valence electrons. The number of likely N-dealkylation sites (N-methyl/N-ethyl adjacent to an activating group) is 1. The average Bonchev–Trinajstić information content (AvgIpc) is 3.45. The molecule has 3 rings (SSSR count). The summed E-state index contributed by atoms with van der Waals surface area (Å²) in [6, 6.07) is 5.54. The average molecular weight is 398 g/mol. The number of carbonyl (C=O) groups is 2. The Morgan fingerprint density at radius 3 is 2.43 bits per heavy atom. The van der Waals surface area contributed by atoms with Gasteiger partial charge >= 0.3 is 6.18 Å². The first-order valence-electron chi connectivity index (χ1n) is 9.40. The Labute approximate surface area is 162 Å². The number of hydrogen-bond acceptors (Lipinski definition) is 4. The zero-order valence-electron chi connectivity index (χ0n) is 15.8. The molecule has 0 atom stereocenters. The molecule has 0 aromatic heterocycles. The van der Waals surface area contributed by atoms with Crippen LogP contribution < -0.4 is 10.2 Å². The maximum absolute atomic E-state index is 12.9. The lowest BCUT2D eigenvalue weighted by atomic mass is 10.1. The van der Waals surface area contributed by atoms with E-state index in [4.69, 9.17) is 0 Å². The number of rotatable bonds is 6. The number of amides is 2. The highest BCUT2D eigenvalue weighted by Gasteiger charge is 2.31. The monoisotopic (exact) mass is 398 g/mol. The van der Waals surface area contributed by atoms with Crippen molar-refractivity contribution in [1.82, 2.24) is 15.1 Å². The minimum Gasteiger partial charge on any atom is -0.368 e. The zero-order valence-corrected chi connectivity index (χ0v) is 15.8. The number of nitrogens with one attached hydrogen (secondary N) is 1. The van der Waals surface area contributed by atoms with Crippen molar-refractivity contribution in [2.45, 2.75) is 25.1 Å². The largest absolute Gasteiger partial charge is 0.416 e. The lowest BCUT2D eigenvalue weighted by molar-refractivity contribution is -0.137. The summed E-state index contributed by atoms with van der Waals surface area (Å²) in [5.74, 6) is -0.155. The number of anilines is 1. The van der Waals surface area contributed by atoms with Crippen molar-refractivity contribution in [2.75, 3.05) is 51.2 Å². The molecule has 0 unspecified atom stereocenters. The first kappa shape index (κ1) is 20.4. The van der Waals surface area contributed by atoms with Crippen LogP contribution in [0.25, 0.3) is 0 Å². The molecule has 1 aromatic carbocycles. The number of nitrogens with zero attached hydrogens (tertiary/aromatic N) is 3. The minimum absolute atomic E-state index is 0.0767. The highest BCUT2D eigenvalue weighted by atomic mass is 19.4. The van der Waals surface area contributed by atoms with E-state index in [1.165, 1.54) is 6.07 Å². The number of benzene rings is 1. The van der Waals surface area contributed by atoms with Gasteiger partial charge in [0, 0.05) is 37.9 Å². The van der Waals surface area contributed by atoms with E-state index >= 15 is 0 Å². The molecule has 1 saturated heterocycles. The normalized spacial score (nSPS) is 17.8. The molecule has 0 bridgehead atoms. The molecule has 2 aliphatic rings. The van der Waals surface area contributed by atoms with Crippen molar-refractivity contribution in [3.63, 3.8) is 0 Å². The molecule has 2 amide bonds. The Morgan fingerprint density at radius 2 is 1.82 bits per heavy atom. The van der Waals surface area contributed by atoms with Gasteiger partial charge in [0.25, 0.3) is 0 Å². The van der Waals surface area contributed by atoms with Gasteiger partial charge in [0.05, 0.1) is 18.7 Å². The van der Waals surface area contributed by atoms with Gasteiger partial charge in [0.15, 0.2) is 0 Å². The molecule has 1 saturated carbocycles. The number of hydrogen-bond donors (Lipinski definition) is 1. The smallest absolute Gasteiger partial charge is 0.368 e. The molecule has 9 heteroatoms. The predicted octanol–water partition coefficient (Wildman–Crippen LogP) is 1.56. The molecule has 1 heterocycles. The third-order valence-electron chi connectivity index (χ3n) is 4.93. The molecule has 0 spiro atoms. The van der Waals surface area contributed by atoms with Crippen LogP contribution in [0.2, 0.25) is 0 Å². The summed E-state index contributed by atoms with van der Waals surface area (Å²) >= 11 is 0. The topological polar surface area (TPSA) is 55.9 Å². The molecular formula is C19H25F3N4O2. The maximum Gasteiger partial charge on any atom is 0.416 e. The van der Waals surface area contributed by atoms with Gasteiger partial charge in [-0.2, -0.15) is 13.2 Å². The van der Waals surface area contributed by atoms with E-state index in [9.17, 15) is 22.8 Å². The van der Waals surface area contributed by atoms with E-state index in [1.54, 1.807) is 22.9 Å². The maximum atomic E-state index is 12.9. The molecule has 2 fully saturated rings. The lowest BCUT2D eigenvalue weighted by Gasteiger charge is -2.37. The zero-order chi connectivity index (χ0) is 20.3. The molecule has 1 aromatic rings. The molecule has 6 nitrogen and oxygen atoms in total. The van der Waals surface area contributed by atoms with Crippen molar-refractivity contribution >= 4 is 17.5 Å². The summed E-state index contributed by atoms with van der Waals surface area (Å²) in [6.45, 7) is 2.14. The van der Waals surface area contributed by atoms with Crippen molar-refractivity contribution in [2.24, 2.45) is 0 Å². The standard InChI is InChI=1S/C19H25F3N4O2/c1-24(12-17(27)23-15-5-6-15)13-18(28)26-9-7-25(8-10-26)16-4-2-3-14(11-16)19(20,21)22/h2-4,11,15H,5-10,12-13H2,1H3,(H,23,27). The van der Waals surface area contributed by atoms with E-state index in [1.807, 2.05) is 4.90 Å². The van der Waals surface area contributed by atoms with Crippen LogP contribution in [0.1, 0.15) is 18.4 Å². The first-order chi connectivity index (χ1) is 13.2. The van der Waals surface area contributed by atoms with E-state index in [-0.39, 0.29) is 24.9 Å². The van der Waals surface area contributed by atoms with E-state index in [2.05, 4.69) is 5.32 Å². The summed E-state index contributed by atoms with van der Waals surface area (Å²) in [6.07, 6.45) is -2.33. The van der Waals surface area contributed by atoms with Crippen LogP contribution in [0.15, 0.2) is 24.3 Å². The highest BCUT2D eigenvalue weighted by Crippen LogP contribution is 2.31. The third-order valence-corrected chi connectivity index (χ3v) is 4.93. The van der Waals surface area contributed by atoms with Crippen LogP contribution in [0.3, 0.4) is 0 Å². The lowest BCUT2D eigenvalue weighted by Crippen LogP contribution is -2.51. The second-order valence-corrected chi connectivity index (χ2v) is 7.43. The molecule has 0 radical (unpaired) electrons. The summed E-state index contributed by atoms with van der Waals surface area (Å²) in [4.78, 5) is 29.5. The van der Waals surface area contributed by atoms with E-state index < -0.39 is 11.7 Å². The van der Waals surface area contributed by atoms with Crippen LogP contribution in [0.4, 0.5) is 18.9 Å². The molecular weight excluding hydrogens is 373 g/mol. The van der Waals surface area contributed by atoms with Gasteiger partial charge in [-0.3, -0.25) is 14.5 Å². The van der Waals surface area contributed by atoms with Gasteiger partial charge in [-0.05, 0) is 38.1 Å². The molecule has 1 N–H and O–H groups in total. The summed E-state index contributed by atoms with van der Waals surface area (Å²) < 4.78 is 38.7. The second-order valence-electron chi connectivity index (χ2n) is 7.43. The molecule has 28 heavy (non-hydrogen) atoms. The third kappa shape index (κ3) is 5.60. The summed E-state index contributed by atoms with van der Waals surface area (Å²) in [7, 11) is 1.73. The number of carbonyl (C=O) groups excluding carboxylic acids is 2. The van der Waals surface area contributed by atoms with Crippen LogP contribution in [-0.2, 0) is 15.8 Å². The van der Waals surface area contributed by atoms with Gasteiger partial charge in [-0.1, -0.05) is 6.07 Å². The highest BCUT2D eigenvalue weighted by molar-refractivity contribution is 5.81. The fraction of sp³-hybridized carbons (Fsp3) is 0.579. The van der Waals surface area contributed by atoms with Crippen LogP contribution in [0.5, 0.6) is 0 Å². The SMILES string of the molecule is CN(CC(=O)NC1CC1)CC(=O)N1CCN(c2cccc(C(F)(F)F)c2)CC1. The summed E-state index contributed by atoms with van der Waals surface area (Å²) in [5, 5.41) is 2.88. The molecule has 1 aliphatic heterocycles. The number of piperazine rings is 1. The van der Waals surface area contributed by atoms with Crippen molar-refractivity contribution in [3.05, 3.63) is 29.8 Å². The van der Waals surface area contributed by atoms with E-state index in [0.29, 0.717) is 37.9 Å². The second kappa shape index (κ2) is 8.38. The molecule has 1 aliphatic carbocycles. The quantitative estimate of drug-likeness (QED) is 0.790. The minimum atomic E-state index is -4.37. The number of alkyl halides is 3. The Morgan fingerprint density at radius 1 is 1.14 bits per heavy atom. The Balaban J connectivity index is 1.46. The van der Waals surface area contributed by atoms with Gasteiger partial charge < -0.3 is 15.1 Å². The van der Waals surface area contributed by atoms with Gasteiger partial charge in [0.2, 0.25) is 11.8 Å². The van der Waals surface area contributed by atoms with Gasteiger partial charge in [-0.15, -0.1) is 0 Å². The number of halogens is 3. The van der Waals surface area contributed by atoms with Crippen LogP contribution in [0, 0.1) is 0 Å². The van der Waals surface area contributed by atoms with Gasteiger partial charge in [0.1, 0.15) is 0 Å². The van der Waals surface area contributed by atoms with Crippen molar-refractivity contribution < 1.29 is 22.8 Å². The fourth-order valence-electron chi connectivity index (χ4n) is 3.23. The van der Waals surface area contributed by atoms with Gasteiger partial charge in [-0.25, -0.2) is 0 Å². The van der Waals surface area contributed by atoms with E-state index in [0.717, 1.165) is 25.0 Å². The Bertz CT molecular complexity index is 713.